The summed E-state index contributed by atoms with van der Waals surface area (Å²) in [6.45, 7) is 3.04. The molecule has 0 saturated carbocycles. The third-order valence-corrected chi connectivity index (χ3v) is 4.41. The molecule has 3 rings (SSSR count). The molecular formula is C20H17F3N2O3. The van der Waals surface area contributed by atoms with E-state index in [9.17, 15) is 22.8 Å². The minimum atomic E-state index is -4.57. The normalized spacial score (nSPS) is 11.6. The fourth-order valence-electron chi connectivity index (χ4n) is 3.03. The molecule has 0 saturated heterocycles. The Labute approximate surface area is 158 Å². The highest BCUT2D eigenvalue weighted by Gasteiger charge is 2.33. The van der Waals surface area contributed by atoms with E-state index >= 15 is 0 Å². The number of pyridine rings is 1. The first kappa shape index (κ1) is 19.6. The number of carbonyl (C=O) groups is 2. The van der Waals surface area contributed by atoms with Gasteiger partial charge in [0.25, 0.3) is 0 Å². The number of fused-ring (bicyclic) bond motifs is 1. The number of ether oxygens (including phenoxy) is 1. The Morgan fingerprint density at radius 2 is 1.89 bits per heavy atom. The molecule has 146 valence electrons. The quantitative estimate of drug-likeness (QED) is 0.492. The number of aromatic nitrogens is 2. The van der Waals surface area contributed by atoms with Crippen LogP contribution in [-0.4, -0.2) is 21.3 Å². The highest BCUT2D eigenvalue weighted by Crippen LogP contribution is 2.38. The van der Waals surface area contributed by atoms with Crippen LogP contribution in [0.2, 0.25) is 0 Å². The molecule has 28 heavy (non-hydrogen) atoms. The van der Waals surface area contributed by atoms with Crippen LogP contribution in [0.15, 0.2) is 36.5 Å². The molecule has 2 heterocycles. The molecule has 0 aliphatic carbocycles. The van der Waals surface area contributed by atoms with E-state index in [1.165, 1.54) is 23.9 Å². The molecule has 1 aromatic carbocycles. The molecule has 0 spiro atoms. The fourth-order valence-corrected chi connectivity index (χ4v) is 3.03. The van der Waals surface area contributed by atoms with Crippen molar-refractivity contribution in [2.24, 2.45) is 7.05 Å². The molecule has 0 aliphatic rings. The van der Waals surface area contributed by atoms with Crippen LogP contribution in [0, 0.1) is 0 Å². The topological polar surface area (TPSA) is 61.2 Å². The molecule has 2 aromatic heterocycles. The van der Waals surface area contributed by atoms with Gasteiger partial charge in [0.2, 0.25) is 5.78 Å². The number of hydrogen-bond acceptors (Lipinski definition) is 4. The fraction of sp³-hybridized carbons (Fsp3) is 0.250. The van der Waals surface area contributed by atoms with E-state index in [-0.39, 0.29) is 22.5 Å². The minimum absolute atomic E-state index is 0.0301. The van der Waals surface area contributed by atoms with Crippen molar-refractivity contribution in [2.75, 3.05) is 0 Å². The first-order chi connectivity index (χ1) is 13.1. The molecular weight excluding hydrogens is 373 g/mol. The van der Waals surface area contributed by atoms with Gasteiger partial charge in [0.15, 0.2) is 5.75 Å². The summed E-state index contributed by atoms with van der Waals surface area (Å²) in [6, 6.07) is 6.42. The molecule has 0 fully saturated rings. The van der Waals surface area contributed by atoms with Gasteiger partial charge in [-0.1, -0.05) is 6.92 Å². The average molecular weight is 390 g/mol. The van der Waals surface area contributed by atoms with Crippen molar-refractivity contribution in [2.45, 2.75) is 26.4 Å². The zero-order valence-corrected chi connectivity index (χ0v) is 15.4. The van der Waals surface area contributed by atoms with E-state index in [0.29, 0.717) is 11.9 Å². The number of benzene rings is 1. The smallest absolute Gasteiger partial charge is 0.416 e. The van der Waals surface area contributed by atoms with Crippen molar-refractivity contribution in [3.8, 4) is 5.75 Å². The van der Waals surface area contributed by atoms with Gasteiger partial charge in [0, 0.05) is 25.6 Å². The second-order valence-electron chi connectivity index (χ2n) is 6.29. The summed E-state index contributed by atoms with van der Waals surface area (Å²) in [7, 11) is 1.53. The maximum Gasteiger partial charge on any atom is 0.416 e. The van der Waals surface area contributed by atoms with Crippen LogP contribution in [0.3, 0.4) is 0 Å². The second-order valence-corrected chi connectivity index (χ2v) is 6.29. The Balaban J connectivity index is 2.27. The Hall–Kier alpha value is -3.16. The van der Waals surface area contributed by atoms with Crippen LogP contribution < -0.4 is 4.74 Å². The zero-order valence-electron chi connectivity index (χ0n) is 15.4. The maximum absolute atomic E-state index is 13.1. The number of hydrogen-bond donors (Lipinski definition) is 0. The lowest BCUT2D eigenvalue weighted by Crippen LogP contribution is -2.13. The molecule has 5 nitrogen and oxygen atoms in total. The minimum Gasteiger partial charge on any atom is -0.424 e. The second kappa shape index (κ2) is 7.10. The van der Waals surface area contributed by atoms with Gasteiger partial charge < -0.3 is 9.30 Å². The molecule has 0 unspecified atom stereocenters. The summed E-state index contributed by atoms with van der Waals surface area (Å²) in [5.41, 5.74) is 0.397. The Morgan fingerprint density at radius 1 is 1.18 bits per heavy atom. The number of carbonyl (C=O) groups excluding carboxylic acids is 2. The van der Waals surface area contributed by atoms with Crippen molar-refractivity contribution in [1.29, 1.82) is 0 Å². The predicted octanol–water partition coefficient (Wildman–Crippen LogP) is 4.31. The van der Waals surface area contributed by atoms with Crippen LogP contribution in [0.4, 0.5) is 13.2 Å². The molecule has 0 amide bonds. The third kappa shape index (κ3) is 3.49. The van der Waals surface area contributed by atoms with Crippen molar-refractivity contribution in [3.63, 3.8) is 0 Å². The number of esters is 1. The van der Waals surface area contributed by atoms with Crippen molar-refractivity contribution >= 4 is 22.7 Å². The van der Waals surface area contributed by atoms with E-state index in [1.807, 2.05) is 6.92 Å². The SMILES string of the molecule is CCc1ccnc(C(=O)c2c(OC(C)=O)c3cc(C(F)(F)F)ccc3n2C)c1. The molecule has 0 atom stereocenters. The van der Waals surface area contributed by atoms with Crippen molar-refractivity contribution in [1.82, 2.24) is 9.55 Å². The molecule has 0 radical (unpaired) electrons. The van der Waals surface area contributed by atoms with Crippen LogP contribution in [0.1, 0.15) is 41.2 Å². The molecule has 3 aromatic rings. The van der Waals surface area contributed by atoms with Gasteiger partial charge in [-0.05, 0) is 42.3 Å². The molecule has 0 bridgehead atoms. The number of aryl methyl sites for hydroxylation is 2. The summed E-state index contributed by atoms with van der Waals surface area (Å²) in [5.74, 6) is -1.49. The highest BCUT2D eigenvalue weighted by atomic mass is 19.4. The summed E-state index contributed by atoms with van der Waals surface area (Å²) < 4.78 is 46.0. The molecule has 8 heteroatoms. The average Bonchev–Trinajstić information content (AvgIpc) is 2.91. The van der Waals surface area contributed by atoms with Crippen molar-refractivity contribution < 1.29 is 27.5 Å². The van der Waals surface area contributed by atoms with E-state index in [4.69, 9.17) is 4.74 Å². The number of halogens is 3. The van der Waals surface area contributed by atoms with Gasteiger partial charge in [0.05, 0.1) is 11.1 Å². The number of alkyl halides is 3. The number of ketones is 1. The zero-order chi connectivity index (χ0) is 20.6. The summed E-state index contributed by atoms with van der Waals surface area (Å²) in [6.07, 6.45) is -2.40. The lowest BCUT2D eigenvalue weighted by Gasteiger charge is -2.07. The first-order valence-electron chi connectivity index (χ1n) is 8.51. The van der Waals surface area contributed by atoms with Gasteiger partial charge in [0.1, 0.15) is 11.4 Å². The molecule has 0 N–H and O–H groups in total. The van der Waals surface area contributed by atoms with E-state index in [2.05, 4.69) is 4.98 Å². The maximum atomic E-state index is 13.1. The van der Waals surface area contributed by atoms with Crippen LogP contribution >= 0.6 is 0 Å². The lowest BCUT2D eigenvalue weighted by molar-refractivity contribution is -0.137. The van der Waals surface area contributed by atoms with E-state index in [0.717, 1.165) is 24.6 Å². The summed E-state index contributed by atoms with van der Waals surface area (Å²) >= 11 is 0. The van der Waals surface area contributed by atoms with E-state index in [1.54, 1.807) is 12.1 Å². The standard InChI is InChI=1S/C20H17F3N2O3/c1-4-12-7-8-24-15(9-12)18(27)17-19(28-11(2)26)14-10-13(20(21,22)23)5-6-16(14)25(17)3/h5-10H,4H2,1-3H3. The number of nitrogens with zero attached hydrogens (tertiary/aromatic N) is 2. The van der Waals surface area contributed by atoms with Gasteiger partial charge in [-0.2, -0.15) is 13.2 Å². The van der Waals surface area contributed by atoms with E-state index < -0.39 is 23.5 Å². The number of rotatable bonds is 4. The third-order valence-electron chi connectivity index (χ3n) is 4.41. The van der Waals surface area contributed by atoms with Crippen LogP contribution in [-0.2, 0) is 24.4 Å². The largest absolute Gasteiger partial charge is 0.424 e. The van der Waals surface area contributed by atoms with Crippen LogP contribution in [0.5, 0.6) is 5.75 Å². The predicted molar refractivity (Wildman–Crippen MR) is 96.3 cm³/mol. The Morgan fingerprint density at radius 3 is 2.50 bits per heavy atom. The van der Waals surface area contributed by atoms with Gasteiger partial charge in [-0.3, -0.25) is 14.6 Å². The van der Waals surface area contributed by atoms with Gasteiger partial charge in [-0.15, -0.1) is 0 Å². The van der Waals surface area contributed by atoms with Crippen LogP contribution in [0.25, 0.3) is 10.9 Å². The van der Waals surface area contributed by atoms with Crippen molar-refractivity contribution in [3.05, 3.63) is 59.0 Å². The molecule has 0 aliphatic heterocycles. The highest BCUT2D eigenvalue weighted by molar-refractivity contribution is 6.13. The summed E-state index contributed by atoms with van der Waals surface area (Å²) in [5, 5.41) is 0.0301. The Bertz CT molecular complexity index is 1080. The van der Waals surface area contributed by atoms with Gasteiger partial charge >= 0.3 is 12.1 Å². The van der Waals surface area contributed by atoms with Gasteiger partial charge in [-0.25, -0.2) is 0 Å². The first-order valence-corrected chi connectivity index (χ1v) is 8.51. The monoisotopic (exact) mass is 390 g/mol. The summed E-state index contributed by atoms with van der Waals surface area (Å²) in [4.78, 5) is 28.7. The Kier molecular flexibility index (Phi) is 4.97. The lowest BCUT2D eigenvalue weighted by atomic mass is 10.1.